The Kier molecular flexibility index (Phi) is 6.02. The predicted molar refractivity (Wildman–Crippen MR) is 96.6 cm³/mol. The molecule has 1 atom stereocenters. The Morgan fingerprint density at radius 1 is 1.24 bits per heavy atom. The third-order valence-corrected chi connectivity index (χ3v) is 4.91. The van der Waals surface area contributed by atoms with Gasteiger partial charge in [0.2, 0.25) is 15.9 Å². The smallest absolute Gasteiger partial charge is 0.241 e. The second kappa shape index (κ2) is 7.84. The van der Waals surface area contributed by atoms with Crippen LogP contribution in [0, 0.1) is 5.82 Å². The van der Waals surface area contributed by atoms with Crippen molar-refractivity contribution in [3.63, 3.8) is 0 Å². The molecule has 0 aromatic heterocycles. The lowest BCUT2D eigenvalue weighted by molar-refractivity contribution is -0.120. The second-order valence-electron chi connectivity index (χ2n) is 5.56. The van der Waals surface area contributed by atoms with Gasteiger partial charge in [0.25, 0.3) is 0 Å². The van der Waals surface area contributed by atoms with E-state index in [0.29, 0.717) is 10.6 Å². The molecule has 2 aromatic carbocycles. The zero-order valence-electron chi connectivity index (χ0n) is 13.7. The summed E-state index contributed by atoms with van der Waals surface area (Å²) in [5.74, 6) is -0.994. The number of carbonyl (C=O) groups excluding carboxylic acids is 1. The third-order valence-electron chi connectivity index (χ3n) is 3.53. The standard InChI is InChI=1S/C17H18ClFN2O3S/c1-12(15-8-3-4-9-16(15)19)20-17(22)11-21(25(2,23)24)14-7-5-6-13(18)10-14/h3-10,12H,11H2,1-2H3,(H,20,22)/t12-/m1/s1. The summed E-state index contributed by atoms with van der Waals surface area (Å²) >= 11 is 5.89. The van der Waals surface area contributed by atoms with Gasteiger partial charge < -0.3 is 5.32 Å². The lowest BCUT2D eigenvalue weighted by Crippen LogP contribution is -2.41. The molecule has 2 rings (SSSR count). The summed E-state index contributed by atoms with van der Waals surface area (Å²) in [7, 11) is -3.70. The number of nitrogens with zero attached hydrogens (tertiary/aromatic N) is 1. The van der Waals surface area contributed by atoms with E-state index in [-0.39, 0.29) is 5.69 Å². The summed E-state index contributed by atoms with van der Waals surface area (Å²) in [5.41, 5.74) is 0.605. The van der Waals surface area contributed by atoms with Crippen molar-refractivity contribution in [2.24, 2.45) is 0 Å². The fourth-order valence-corrected chi connectivity index (χ4v) is 3.39. The number of amides is 1. The van der Waals surface area contributed by atoms with E-state index in [9.17, 15) is 17.6 Å². The van der Waals surface area contributed by atoms with Crippen LogP contribution in [0.3, 0.4) is 0 Å². The van der Waals surface area contributed by atoms with Crippen molar-refractivity contribution in [2.75, 3.05) is 17.1 Å². The lowest BCUT2D eigenvalue weighted by Gasteiger charge is -2.23. The third kappa shape index (κ3) is 5.17. The minimum Gasteiger partial charge on any atom is -0.348 e. The Labute approximate surface area is 151 Å². The SMILES string of the molecule is C[C@@H](NC(=O)CN(c1cccc(Cl)c1)S(C)(=O)=O)c1ccccc1F. The molecule has 0 aliphatic rings. The van der Waals surface area contributed by atoms with Crippen molar-refractivity contribution in [3.8, 4) is 0 Å². The Bertz CT molecular complexity index is 874. The lowest BCUT2D eigenvalue weighted by atomic mass is 10.1. The van der Waals surface area contributed by atoms with Crippen LogP contribution in [0.5, 0.6) is 0 Å². The van der Waals surface area contributed by atoms with Gasteiger partial charge in [0.15, 0.2) is 0 Å². The van der Waals surface area contributed by atoms with Gasteiger partial charge in [0.05, 0.1) is 18.0 Å². The van der Waals surface area contributed by atoms with E-state index in [1.807, 2.05) is 0 Å². The van der Waals surface area contributed by atoms with Crippen molar-refractivity contribution >= 4 is 33.2 Å². The Morgan fingerprint density at radius 2 is 1.92 bits per heavy atom. The maximum atomic E-state index is 13.8. The van der Waals surface area contributed by atoms with Gasteiger partial charge in [-0.05, 0) is 31.2 Å². The molecule has 0 saturated carbocycles. The maximum Gasteiger partial charge on any atom is 0.241 e. The molecular formula is C17H18ClFN2O3S. The van der Waals surface area contributed by atoms with E-state index in [2.05, 4.69) is 5.32 Å². The highest BCUT2D eigenvalue weighted by Gasteiger charge is 2.22. The summed E-state index contributed by atoms with van der Waals surface area (Å²) in [6, 6.07) is 11.7. The molecule has 0 bridgehead atoms. The van der Waals surface area contributed by atoms with Crippen LogP contribution in [0.25, 0.3) is 0 Å². The van der Waals surface area contributed by atoms with E-state index in [4.69, 9.17) is 11.6 Å². The number of sulfonamides is 1. The molecule has 0 heterocycles. The molecule has 0 spiro atoms. The van der Waals surface area contributed by atoms with Crippen molar-refractivity contribution < 1.29 is 17.6 Å². The number of anilines is 1. The van der Waals surface area contributed by atoms with E-state index in [1.165, 1.54) is 12.1 Å². The molecule has 0 radical (unpaired) electrons. The number of carbonyl (C=O) groups is 1. The first-order valence-corrected chi connectivity index (χ1v) is 9.68. The fraction of sp³-hybridized carbons (Fsp3) is 0.235. The number of nitrogens with one attached hydrogen (secondary N) is 1. The topological polar surface area (TPSA) is 66.5 Å². The first kappa shape index (κ1) is 19.2. The minimum atomic E-state index is -3.70. The molecule has 134 valence electrons. The van der Waals surface area contributed by atoms with Crippen molar-refractivity contribution in [3.05, 3.63) is 64.9 Å². The summed E-state index contributed by atoms with van der Waals surface area (Å²) in [4.78, 5) is 12.3. The Balaban J connectivity index is 2.17. The van der Waals surface area contributed by atoms with Crippen molar-refractivity contribution in [1.82, 2.24) is 5.32 Å². The van der Waals surface area contributed by atoms with Crippen LogP contribution in [0.4, 0.5) is 10.1 Å². The molecule has 0 aliphatic heterocycles. The van der Waals surface area contributed by atoms with Crippen LogP contribution < -0.4 is 9.62 Å². The zero-order chi connectivity index (χ0) is 18.6. The first-order valence-electron chi connectivity index (χ1n) is 7.45. The highest BCUT2D eigenvalue weighted by Crippen LogP contribution is 2.22. The van der Waals surface area contributed by atoms with Gasteiger partial charge in [-0.2, -0.15) is 0 Å². The molecule has 1 N–H and O–H groups in total. The molecule has 0 unspecified atom stereocenters. The molecular weight excluding hydrogens is 367 g/mol. The molecule has 0 aliphatic carbocycles. The zero-order valence-corrected chi connectivity index (χ0v) is 15.3. The molecule has 0 fully saturated rings. The van der Waals surface area contributed by atoms with E-state index < -0.39 is 34.3 Å². The van der Waals surface area contributed by atoms with Crippen LogP contribution in [-0.4, -0.2) is 27.1 Å². The van der Waals surface area contributed by atoms with Crippen molar-refractivity contribution in [1.29, 1.82) is 0 Å². The highest BCUT2D eigenvalue weighted by molar-refractivity contribution is 7.92. The molecule has 25 heavy (non-hydrogen) atoms. The van der Waals surface area contributed by atoms with Gasteiger partial charge in [-0.3, -0.25) is 9.10 Å². The number of halogens is 2. The first-order chi connectivity index (χ1) is 11.7. The van der Waals surface area contributed by atoms with Crippen LogP contribution >= 0.6 is 11.6 Å². The molecule has 0 saturated heterocycles. The van der Waals surface area contributed by atoms with Crippen LogP contribution in [-0.2, 0) is 14.8 Å². The van der Waals surface area contributed by atoms with Gasteiger partial charge in [-0.15, -0.1) is 0 Å². The number of hydrogen-bond acceptors (Lipinski definition) is 3. The highest BCUT2D eigenvalue weighted by atomic mass is 35.5. The largest absolute Gasteiger partial charge is 0.348 e. The quantitative estimate of drug-likeness (QED) is 0.832. The average Bonchev–Trinajstić information content (AvgIpc) is 2.51. The predicted octanol–water partition coefficient (Wildman–Crippen LogP) is 3.12. The molecule has 8 heteroatoms. The van der Waals surface area contributed by atoms with Crippen LogP contribution in [0.1, 0.15) is 18.5 Å². The van der Waals surface area contributed by atoms with Crippen LogP contribution in [0.2, 0.25) is 5.02 Å². The van der Waals surface area contributed by atoms with Crippen molar-refractivity contribution in [2.45, 2.75) is 13.0 Å². The Hall–Kier alpha value is -2.12. The van der Waals surface area contributed by atoms with Gasteiger partial charge in [-0.25, -0.2) is 12.8 Å². The van der Waals surface area contributed by atoms with Gasteiger partial charge in [-0.1, -0.05) is 35.9 Å². The van der Waals surface area contributed by atoms with Gasteiger partial charge in [0, 0.05) is 10.6 Å². The number of rotatable bonds is 6. The normalized spacial score (nSPS) is 12.5. The van der Waals surface area contributed by atoms with Gasteiger partial charge >= 0.3 is 0 Å². The fourth-order valence-electron chi connectivity index (χ4n) is 2.35. The number of benzene rings is 2. The van der Waals surface area contributed by atoms with E-state index >= 15 is 0 Å². The van der Waals surface area contributed by atoms with E-state index in [1.54, 1.807) is 43.3 Å². The van der Waals surface area contributed by atoms with Gasteiger partial charge in [0.1, 0.15) is 12.4 Å². The number of hydrogen-bond donors (Lipinski definition) is 1. The average molecular weight is 385 g/mol. The summed E-state index contributed by atoms with van der Waals surface area (Å²) in [6.45, 7) is 1.19. The summed E-state index contributed by atoms with van der Waals surface area (Å²) < 4.78 is 38.8. The van der Waals surface area contributed by atoms with E-state index in [0.717, 1.165) is 10.6 Å². The minimum absolute atomic E-state index is 0.281. The second-order valence-corrected chi connectivity index (χ2v) is 7.90. The Morgan fingerprint density at radius 3 is 2.52 bits per heavy atom. The molecule has 2 aromatic rings. The monoisotopic (exact) mass is 384 g/mol. The summed E-state index contributed by atoms with van der Waals surface area (Å²) in [5, 5.41) is 2.96. The molecule has 5 nitrogen and oxygen atoms in total. The molecule has 1 amide bonds. The summed E-state index contributed by atoms with van der Waals surface area (Å²) in [6.07, 6.45) is 1.00. The van der Waals surface area contributed by atoms with Crippen LogP contribution in [0.15, 0.2) is 48.5 Å². The maximum absolute atomic E-state index is 13.8.